The number of hydrogen-bond donors (Lipinski definition) is 1. The van der Waals surface area contributed by atoms with Crippen LogP contribution in [0, 0.1) is 18.6 Å². The van der Waals surface area contributed by atoms with Gasteiger partial charge in [0, 0.05) is 6.04 Å². The van der Waals surface area contributed by atoms with Crippen molar-refractivity contribution in [3.63, 3.8) is 0 Å². The molecule has 0 aromatic heterocycles. The van der Waals surface area contributed by atoms with Crippen LogP contribution in [0.25, 0.3) is 0 Å². The summed E-state index contributed by atoms with van der Waals surface area (Å²) in [4.78, 5) is 0. The van der Waals surface area contributed by atoms with Gasteiger partial charge >= 0.3 is 0 Å². The van der Waals surface area contributed by atoms with Gasteiger partial charge in [-0.05, 0) is 49.6 Å². The Morgan fingerprint density at radius 2 is 1.90 bits per heavy atom. The lowest BCUT2D eigenvalue weighted by molar-refractivity contribution is 0.414. The second-order valence-electron chi connectivity index (χ2n) is 4.94. The molecule has 2 aromatic carbocycles. The van der Waals surface area contributed by atoms with Gasteiger partial charge in [-0.25, -0.2) is 4.39 Å². The Morgan fingerprint density at radius 3 is 2.60 bits per heavy atom. The first-order valence-electron chi connectivity index (χ1n) is 6.44. The molecule has 4 heteroatoms. The summed E-state index contributed by atoms with van der Waals surface area (Å²) in [6, 6.07) is 9.53. The van der Waals surface area contributed by atoms with Crippen molar-refractivity contribution in [1.82, 2.24) is 0 Å². The van der Waals surface area contributed by atoms with E-state index in [-0.39, 0.29) is 11.8 Å². The Kier molecular flexibility index (Phi) is 4.35. The summed E-state index contributed by atoms with van der Waals surface area (Å²) in [7, 11) is 0. The topological polar surface area (TPSA) is 35.2 Å². The average molecular weight is 277 g/mol. The van der Waals surface area contributed by atoms with Gasteiger partial charge in [0.25, 0.3) is 0 Å². The number of benzene rings is 2. The zero-order chi connectivity index (χ0) is 14.7. The van der Waals surface area contributed by atoms with Gasteiger partial charge in [0.15, 0.2) is 11.6 Å². The predicted octanol–water partition coefficient (Wildman–Crippen LogP) is 3.96. The van der Waals surface area contributed by atoms with Gasteiger partial charge in [0.2, 0.25) is 5.82 Å². The summed E-state index contributed by atoms with van der Waals surface area (Å²) in [5.41, 5.74) is 7.61. The molecule has 2 nitrogen and oxygen atoms in total. The normalized spacial score (nSPS) is 12.2. The number of hydrogen-bond acceptors (Lipinski definition) is 2. The highest BCUT2D eigenvalue weighted by molar-refractivity contribution is 5.40. The summed E-state index contributed by atoms with van der Waals surface area (Å²) in [6.07, 6.45) is 0.697. The molecule has 0 radical (unpaired) electrons. The molecular formula is C16H17F2NO. The van der Waals surface area contributed by atoms with Crippen LogP contribution in [0.4, 0.5) is 8.78 Å². The van der Waals surface area contributed by atoms with Gasteiger partial charge in [0.1, 0.15) is 5.75 Å². The van der Waals surface area contributed by atoms with Crippen molar-refractivity contribution in [3.8, 4) is 11.5 Å². The van der Waals surface area contributed by atoms with Crippen LogP contribution < -0.4 is 10.5 Å². The number of ether oxygens (including phenoxy) is 1. The van der Waals surface area contributed by atoms with Crippen LogP contribution in [-0.2, 0) is 6.42 Å². The third-order valence-electron chi connectivity index (χ3n) is 2.95. The smallest absolute Gasteiger partial charge is 0.201 e. The minimum atomic E-state index is -0.982. The van der Waals surface area contributed by atoms with E-state index in [1.807, 2.05) is 32.0 Å². The van der Waals surface area contributed by atoms with Crippen LogP contribution in [0.5, 0.6) is 11.5 Å². The molecule has 0 aliphatic heterocycles. The van der Waals surface area contributed by atoms with Gasteiger partial charge in [-0.2, -0.15) is 4.39 Å². The third kappa shape index (κ3) is 3.33. The third-order valence-corrected chi connectivity index (χ3v) is 2.95. The number of rotatable bonds is 4. The minimum absolute atomic E-state index is 0.0245. The second-order valence-corrected chi connectivity index (χ2v) is 4.94. The molecule has 0 spiro atoms. The van der Waals surface area contributed by atoms with E-state index in [2.05, 4.69) is 0 Å². The molecular weight excluding hydrogens is 260 g/mol. The van der Waals surface area contributed by atoms with E-state index in [4.69, 9.17) is 10.5 Å². The van der Waals surface area contributed by atoms with Crippen molar-refractivity contribution >= 4 is 0 Å². The Morgan fingerprint density at radius 1 is 1.15 bits per heavy atom. The zero-order valence-electron chi connectivity index (χ0n) is 11.5. The second kappa shape index (κ2) is 6.01. The fourth-order valence-corrected chi connectivity index (χ4v) is 1.93. The summed E-state index contributed by atoms with van der Waals surface area (Å²) in [6.45, 7) is 3.76. The van der Waals surface area contributed by atoms with Gasteiger partial charge in [-0.15, -0.1) is 0 Å². The van der Waals surface area contributed by atoms with E-state index >= 15 is 0 Å². The standard InChI is InChI=1S/C16H17F2NO/c1-10-6-7-12(8-11(2)19)9-15(10)20-14-5-3-4-13(17)16(14)18/h3-7,9,11H,8,19H2,1-2H3. The molecule has 0 heterocycles. The molecule has 0 fully saturated rings. The van der Waals surface area contributed by atoms with E-state index in [0.717, 1.165) is 17.2 Å². The van der Waals surface area contributed by atoms with Gasteiger partial charge < -0.3 is 10.5 Å². The van der Waals surface area contributed by atoms with E-state index in [0.29, 0.717) is 12.2 Å². The average Bonchev–Trinajstić information content (AvgIpc) is 2.38. The lowest BCUT2D eigenvalue weighted by atomic mass is 10.1. The van der Waals surface area contributed by atoms with Gasteiger partial charge in [0.05, 0.1) is 0 Å². The lowest BCUT2D eigenvalue weighted by Crippen LogP contribution is -2.17. The van der Waals surface area contributed by atoms with Crippen molar-refractivity contribution < 1.29 is 13.5 Å². The minimum Gasteiger partial charge on any atom is -0.454 e. The van der Waals surface area contributed by atoms with Crippen molar-refractivity contribution in [1.29, 1.82) is 0 Å². The van der Waals surface area contributed by atoms with E-state index in [1.54, 1.807) is 0 Å². The monoisotopic (exact) mass is 277 g/mol. The van der Waals surface area contributed by atoms with Crippen molar-refractivity contribution in [2.75, 3.05) is 0 Å². The molecule has 0 bridgehead atoms. The van der Waals surface area contributed by atoms with Crippen molar-refractivity contribution in [3.05, 3.63) is 59.2 Å². The maximum atomic E-state index is 13.6. The fraction of sp³-hybridized carbons (Fsp3) is 0.250. The molecule has 1 unspecified atom stereocenters. The summed E-state index contributed by atoms with van der Waals surface area (Å²) in [5, 5.41) is 0. The number of nitrogens with two attached hydrogens (primary N) is 1. The summed E-state index contributed by atoms with van der Waals surface area (Å²) in [5.74, 6) is -1.52. The highest BCUT2D eigenvalue weighted by atomic mass is 19.2. The van der Waals surface area contributed by atoms with E-state index in [1.165, 1.54) is 12.1 Å². The zero-order valence-corrected chi connectivity index (χ0v) is 11.5. The first-order chi connectivity index (χ1) is 9.47. The van der Waals surface area contributed by atoms with Gasteiger partial charge in [-0.1, -0.05) is 18.2 Å². The molecule has 2 aromatic rings. The van der Waals surface area contributed by atoms with Crippen LogP contribution in [0.1, 0.15) is 18.1 Å². The highest BCUT2D eigenvalue weighted by Crippen LogP contribution is 2.29. The molecule has 0 saturated heterocycles. The van der Waals surface area contributed by atoms with E-state index in [9.17, 15) is 8.78 Å². The first-order valence-corrected chi connectivity index (χ1v) is 6.44. The lowest BCUT2D eigenvalue weighted by Gasteiger charge is -2.12. The van der Waals surface area contributed by atoms with Gasteiger partial charge in [-0.3, -0.25) is 0 Å². The summed E-state index contributed by atoms with van der Waals surface area (Å²) < 4.78 is 32.3. The molecule has 2 rings (SSSR count). The summed E-state index contributed by atoms with van der Waals surface area (Å²) >= 11 is 0. The molecule has 0 aliphatic carbocycles. The quantitative estimate of drug-likeness (QED) is 0.918. The van der Waals surface area contributed by atoms with Crippen molar-refractivity contribution in [2.24, 2.45) is 5.73 Å². The number of aryl methyl sites for hydroxylation is 1. The maximum absolute atomic E-state index is 13.6. The Labute approximate surface area is 117 Å². The first kappa shape index (κ1) is 14.5. The number of halogens is 2. The molecule has 2 N–H and O–H groups in total. The molecule has 0 amide bonds. The van der Waals surface area contributed by atoms with Crippen LogP contribution in [0.3, 0.4) is 0 Å². The SMILES string of the molecule is Cc1ccc(CC(C)N)cc1Oc1cccc(F)c1F. The highest BCUT2D eigenvalue weighted by Gasteiger charge is 2.11. The molecule has 1 atom stereocenters. The predicted molar refractivity (Wildman–Crippen MR) is 75.0 cm³/mol. The van der Waals surface area contributed by atoms with Crippen LogP contribution in [-0.4, -0.2) is 6.04 Å². The Hall–Kier alpha value is -1.94. The largest absolute Gasteiger partial charge is 0.454 e. The fourth-order valence-electron chi connectivity index (χ4n) is 1.93. The molecule has 0 aliphatic rings. The Bertz CT molecular complexity index is 611. The maximum Gasteiger partial charge on any atom is 0.201 e. The van der Waals surface area contributed by atoms with Crippen LogP contribution >= 0.6 is 0 Å². The molecule has 20 heavy (non-hydrogen) atoms. The van der Waals surface area contributed by atoms with Crippen molar-refractivity contribution in [2.45, 2.75) is 26.3 Å². The molecule has 0 saturated carbocycles. The Balaban J connectivity index is 2.30. The van der Waals surface area contributed by atoms with E-state index < -0.39 is 11.6 Å². The van der Waals surface area contributed by atoms with Crippen LogP contribution in [0.2, 0.25) is 0 Å². The van der Waals surface area contributed by atoms with Crippen LogP contribution in [0.15, 0.2) is 36.4 Å². The molecule has 106 valence electrons.